The Bertz CT molecular complexity index is 536. The monoisotopic (exact) mass is 287 g/mol. The number of halogens is 3. The Morgan fingerprint density at radius 3 is 2.26 bits per heavy atom. The quantitative estimate of drug-likeness (QED) is 0.485. The highest BCUT2D eigenvalue weighted by molar-refractivity contribution is 6.83. The second-order valence-electron chi connectivity index (χ2n) is 5.25. The van der Waals surface area contributed by atoms with Crippen molar-refractivity contribution in [3.05, 3.63) is 23.3 Å². The first-order valence-corrected chi connectivity index (χ1v) is 9.17. The van der Waals surface area contributed by atoms with Crippen molar-refractivity contribution < 1.29 is 17.9 Å². The Morgan fingerprint density at radius 2 is 1.79 bits per heavy atom. The van der Waals surface area contributed by atoms with E-state index < -0.39 is 14.4 Å². The van der Waals surface area contributed by atoms with Gasteiger partial charge in [0.25, 0.3) is 0 Å². The topological polar surface area (TPSA) is 35.2 Å². The minimum absolute atomic E-state index is 0.190. The molecule has 0 aliphatic heterocycles. The van der Waals surface area contributed by atoms with Crippen molar-refractivity contribution >= 4 is 13.8 Å². The molecule has 1 rings (SSSR count). The molecular formula is C13H16F3NOSi. The molecular weight excluding hydrogens is 271 g/mol. The Balaban J connectivity index is 3.13. The Morgan fingerprint density at radius 1 is 1.21 bits per heavy atom. The minimum Gasteiger partial charge on any atom is -0.405 e. The lowest BCUT2D eigenvalue weighted by Crippen LogP contribution is -2.18. The summed E-state index contributed by atoms with van der Waals surface area (Å²) < 4.78 is 40.4. The highest BCUT2D eigenvalue weighted by Crippen LogP contribution is 2.29. The van der Waals surface area contributed by atoms with Gasteiger partial charge in [0.05, 0.1) is 5.69 Å². The molecule has 0 unspecified atom stereocenters. The zero-order chi connectivity index (χ0) is 14.8. The molecule has 6 heteroatoms. The number of alkyl halides is 3. The highest BCUT2D eigenvalue weighted by Gasteiger charge is 2.31. The molecule has 19 heavy (non-hydrogen) atoms. The van der Waals surface area contributed by atoms with Crippen LogP contribution in [0.1, 0.15) is 11.1 Å². The molecule has 0 aliphatic rings. The van der Waals surface area contributed by atoms with Gasteiger partial charge < -0.3 is 10.5 Å². The van der Waals surface area contributed by atoms with Crippen molar-refractivity contribution in [3.8, 4) is 17.2 Å². The fourth-order valence-electron chi connectivity index (χ4n) is 1.30. The lowest BCUT2D eigenvalue weighted by atomic mass is 10.1. The van der Waals surface area contributed by atoms with Gasteiger partial charge >= 0.3 is 6.36 Å². The number of ether oxygens (including phenoxy) is 1. The molecule has 1 aromatic carbocycles. The average molecular weight is 287 g/mol. The molecule has 0 radical (unpaired) electrons. The molecule has 1 aromatic rings. The van der Waals surface area contributed by atoms with Crippen LogP contribution < -0.4 is 10.5 Å². The van der Waals surface area contributed by atoms with Crippen LogP contribution in [0.5, 0.6) is 5.75 Å². The highest BCUT2D eigenvalue weighted by atomic mass is 28.3. The number of nitrogen functional groups attached to an aromatic ring is 1. The normalized spacial score (nSPS) is 11.7. The van der Waals surface area contributed by atoms with E-state index in [2.05, 4.69) is 35.8 Å². The van der Waals surface area contributed by atoms with Gasteiger partial charge in [-0.05, 0) is 18.6 Å². The fourth-order valence-corrected chi connectivity index (χ4v) is 1.81. The zero-order valence-electron chi connectivity index (χ0n) is 11.3. The standard InChI is InChI=1S/C13H16F3NOSi/c1-9-7-10(5-6-19(2,3)4)11(17)8-12(9)18-13(14,15)16/h7-8H,17H2,1-4H3. The van der Waals surface area contributed by atoms with Crippen LogP contribution in [0.3, 0.4) is 0 Å². The van der Waals surface area contributed by atoms with E-state index in [-0.39, 0.29) is 11.4 Å². The molecule has 0 heterocycles. The molecule has 2 nitrogen and oxygen atoms in total. The third kappa shape index (κ3) is 5.26. The summed E-state index contributed by atoms with van der Waals surface area (Å²) in [7, 11) is -1.56. The molecule has 0 atom stereocenters. The number of hydrogen-bond donors (Lipinski definition) is 1. The lowest BCUT2D eigenvalue weighted by molar-refractivity contribution is -0.274. The van der Waals surface area contributed by atoms with Crippen molar-refractivity contribution in [3.63, 3.8) is 0 Å². The maximum Gasteiger partial charge on any atom is 0.573 e. The second kappa shape index (κ2) is 5.17. The summed E-state index contributed by atoms with van der Waals surface area (Å²) in [6.45, 7) is 7.75. The molecule has 0 spiro atoms. The van der Waals surface area contributed by atoms with E-state index in [9.17, 15) is 13.2 Å². The van der Waals surface area contributed by atoms with E-state index in [1.165, 1.54) is 13.0 Å². The maximum atomic E-state index is 12.2. The predicted molar refractivity (Wildman–Crippen MR) is 72.5 cm³/mol. The molecule has 0 fully saturated rings. The molecule has 104 valence electrons. The number of benzene rings is 1. The van der Waals surface area contributed by atoms with E-state index in [1.807, 2.05) is 0 Å². The minimum atomic E-state index is -4.72. The van der Waals surface area contributed by atoms with Gasteiger partial charge in [0.15, 0.2) is 0 Å². The van der Waals surface area contributed by atoms with Gasteiger partial charge in [-0.3, -0.25) is 0 Å². The maximum absolute atomic E-state index is 12.2. The zero-order valence-corrected chi connectivity index (χ0v) is 12.3. The summed E-state index contributed by atoms with van der Waals surface area (Å²) in [6.07, 6.45) is -4.72. The molecule has 0 saturated carbocycles. The first-order valence-electron chi connectivity index (χ1n) is 5.67. The number of anilines is 1. The lowest BCUT2D eigenvalue weighted by Gasteiger charge is -2.13. The van der Waals surface area contributed by atoms with Crippen LogP contribution in [0.15, 0.2) is 12.1 Å². The predicted octanol–water partition coefficient (Wildman–Crippen LogP) is 3.70. The number of rotatable bonds is 1. The molecule has 2 N–H and O–H groups in total. The van der Waals surface area contributed by atoms with E-state index >= 15 is 0 Å². The summed E-state index contributed by atoms with van der Waals surface area (Å²) in [5.41, 5.74) is 9.90. The molecule has 0 bridgehead atoms. The van der Waals surface area contributed by atoms with Crippen LogP contribution in [0.2, 0.25) is 19.6 Å². The van der Waals surface area contributed by atoms with Crippen molar-refractivity contribution in [1.29, 1.82) is 0 Å². The first kappa shape index (κ1) is 15.4. The second-order valence-corrected chi connectivity index (χ2v) is 10.0. The Labute approximate surface area is 111 Å². The number of hydrogen-bond acceptors (Lipinski definition) is 2. The first-order chi connectivity index (χ1) is 8.48. The smallest absolute Gasteiger partial charge is 0.405 e. The van der Waals surface area contributed by atoms with Gasteiger partial charge in [-0.25, -0.2) is 0 Å². The summed E-state index contributed by atoms with van der Waals surface area (Å²) in [5, 5.41) is 0. The van der Waals surface area contributed by atoms with Crippen molar-refractivity contribution in [1.82, 2.24) is 0 Å². The number of aryl methyl sites for hydroxylation is 1. The van der Waals surface area contributed by atoms with Crippen LogP contribution in [-0.4, -0.2) is 14.4 Å². The van der Waals surface area contributed by atoms with Gasteiger partial charge in [0, 0.05) is 11.6 Å². The van der Waals surface area contributed by atoms with Crippen molar-refractivity contribution in [2.24, 2.45) is 0 Å². The average Bonchev–Trinajstić information content (AvgIpc) is 2.17. The molecule has 0 amide bonds. The van der Waals surface area contributed by atoms with Crippen LogP contribution in [-0.2, 0) is 0 Å². The van der Waals surface area contributed by atoms with Crippen molar-refractivity contribution in [2.45, 2.75) is 32.9 Å². The fraction of sp³-hybridized carbons (Fsp3) is 0.385. The molecule has 0 aliphatic carbocycles. The Kier molecular flexibility index (Phi) is 4.20. The Hall–Kier alpha value is -1.61. The van der Waals surface area contributed by atoms with Gasteiger partial charge in [0.1, 0.15) is 13.8 Å². The van der Waals surface area contributed by atoms with Crippen LogP contribution in [0.4, 0.5) is 18.9 Å². The van der Waals surface area contributed by atoms with Gasteiger partial charge in [0.2, 0.25) is 0 Å². The number of nitrogens with two attached hydrogens (primary N) is 1. The van der Waals surface area contributed by atoms with E-state index in [4.69, 9.17) is 5.73 Å². The summed E-state index contributed by atoms with van der Waals surface area (Å²) in [4.78, 5) is 0. The van der Waals surface area contributed by atoms with E-state index in [0.29, 0.717) is 11.1 Å². The van der Waals surface area contributed by atoms with Crippen molar-refractivity contribution in [2.75, 3.05) is 5.73 Å². The third-order valence-corrected chi connectivity index (χ3v) is 3.02. The summed E-state index contributed by atoms with van der Waals surface area (Å²) in [5.74, 6) is 2.65. The van der Waals surface area contributed by atoms with Gasteiger partial charge in [-0.15, -0.1) is 18.7 Å². The van der Waals surface area contributed by atoms with E-state index in [1.54, 1.807) is 0 Å². The van der Waals surface area contributed by atoms with Crippen LogP contribution >= 0.6 is 0 Å². The third-order valence-electron chi connectivity index (χ3n) is 2.14. The summed E-state index contributed by atoms with van der Waals surface area (Å²) in [6, 6.07) is 2.68. The molecule has 0 saturated heterocycles. The van der Waals surface area contributed by atoms with Crippen LogP contribution in [0, 0.1) is 18.4 Å². The van der Waals surface area contributed by atoms with Gasteiger partial charge in [-0.2, -0.15) is 0 Å². The summed E-state index contributed by atoms with van der Waals surface area (Å²) >= 11 is 0. The van der Waals surface area contributed by atoms with Crippen LogP contribution in [0.25, 0.3) is 0 Å². The largest absolute Gasteiger partial charge is 0.573 e. The van der Waals surface area contributed by atoms with E-state index in [0.717, 1.165) is 6.07 Å². The molecule has 0 aromatic heterocycles. The van der Waals surface area contributed by atoms with Gasteiger partial charge in [-0.1, -0.05) is 25.6 Å². The SMILES string of the molecule is Cc1cc(C#C[Si](C)(C)C)c(N)cc1OC(F)(F)F.